The molecule has 0 saturated heterocycles. The zero-order chi connectivity index (χ0) is 22.2. The number of carbonyl (C=O) groups is 2. The van der Waals surface area contributed by atoms with Gasteiger partial charge in [-0.05, 0) is 36.0 Å². The van der Waals surface area contributed by atoms with Crippen LogP contribution in [0, 0.1) is 11.8 Å². The van der Waals surface area contributed by atoms with Crippen molar-refractivity contribution in [3.63, 3.8) is 0 Å². The van der Waals surface area contributed by atoms with Crippen molar-refractivity contribution in [2.75, 3.05) is 13.7 Å². The highest BCUT2D eigenvalue weighted by Gasteiger charge is 2.28. The molecule has 1 saturated carbocycles. The van der Waals surface area contributed by atoms with Gasteiger partial charge in [0.1, 0.15) is 5.75 Å². The molecule has 0 spiro atoms. The van der Waals surface area contributed by atoms with Crippen LogP contribution < -0.4 is 10.1 Å². The molecule has 2 aromatic rings. The molecular formula is C26H31NO4. The zero-order valence-electron chi connectivity index (χ0n) is 18.5. The lowest BCUT2D eigenvalue weighted by molar-refractivity contribution is -0.143. The Bertz CT molecular complexity index is 922. The van der Waals surface area contributed by atoms with Gasteiger partial charge in [-0.1, -0.05) is 75.2 Å². The molecule has 31 heavy (non-hydrogen) atoms. The second kappa shape index (κ2) is 10.8. The van der Waals surface area contributed by atoms with Crippen molar-refractivity contribution in [3.8, 4) is 5.75 Å². The van der Waals surface area contributed by atoms with Gasteiger partial charge >= 0.3 is 5.97 Å². The SMILES string of the molecule is COc1ccccc1/C=C(/C(=O)OCC(=O)N[C@H]1CCC[C@@H](C)[C@H]1C)c1ccccc1. The van der Waals surface area contributed by atoms with Gasteiger partial charge in [0.15, 0.2) is 6.61 Å². The molecule has 5 nitrogen and oxygen atoms in total. The standard InChI is InChI=1S/C26H31NO4/c1-18-10-9-14-23(19(18)2)27-25(28)17-31-26(29)22(20-11-5-4-6-12-20)16-21-13-7-8-15-24(21)30-3/h4-8,11-13,15-16,18-19,23H,9-10,14,17H2,1-3H3,(H,27,28)/b22-16+/t18-,19-,23+/m1/s1. The number of carbonyl (C=O) groups excluding carboxylic acids is 2. The van der Waals surface area contributed by atoms with Gasteiger partial charge in [-0.15, -0.1) is 0 Å². The predicted octanol–water partition coefficient (Wildman–Crippen LogP) is 4.72. The van der Waals surface area contributed by atoms with Crippen LogP contribution in [-0.4, -0.2) is 31.6 Å². The summed E-state index contributed by atoms with van der Waals surface area (Å²) in [5, 5.41) is 3.05. The Balaban J connectivity index is 1.72. The van der Waals surface area contributed by atoms with Crippen LogP contribution in [0.15, 0.2) is 54.6 Å². The van der Waals surface area contributed by atoms with Crippen LogP contribution in [0.5, 0.6) is 5.75 Å². The van der Waals surface area contributed by atoms with Crippen LogP contribution in [0.25, 0.3) is 11.6 Å². The third-order valence-corrected chi connectivity index (χ3v) is 6.13. The summed E-state index contributed by atoms with van der Waals surface area (Å²) in [6.45, 7) is 4.09. The molecule has 0 heterocycles. The summed E-state index contributed by atoms with van der Waals surface area (Å²) in [7, 11) is 1.59. The molecule has 2 aromatic carbocycles. The van der Waals surface area contributed by atoms with Crippen molar-refractivity contribution in [3.05, 3.63) is 65.7 Å². The molecule has 0 aromatic heterocycles. The Morgan fingerprint density at radius 1 is 1.03 bits per heavy atom. The summed E-state index contributed by atoms with van der Waals surface area (Å²) in [4.78, 5) is 25.4. The molecule has 1 N–H and O–H groups in total. The number of amides is 1. The van der Waals surface area contributed by atoms with Crippen LogP contribution in [0.4, 0.5) is 0 Å². The quantitative estimate of drug-likeness (QED) is 0.399. The van der Waals surface area contributed by atoms with Gasteiger partial charge in [0.05, 0.1) is 12.7 Å². The molecule has 1 amide bonds. The van der Waals surface area contributed by atoms with Crippen LogP contribution in [-0.2, 0) is 14.3 Å². The first kappa shape index (κ1) is 22.6. The third kappa shape index (κ3) is 5.97. The van der Waals surface area contributed by atoms with E-state index in [4.69, 9.17) is 9.47 Å². The van der Waals surface area contributed by atoms with Crippen molar-refractivity contribution in [1.82, 2.24) is 5.32 Å². The van der Waals surface area contributed by atoms with E-state index >= 15 is 0 Å². The molecule has 1 aliphatic carbocycles. The first-order chi connectivity index (χ1) is 15.0. The van der Waals surface area contributed by atoms with Crippen molar-refractivity contribution in [2.24, 2.45) is 11.8 Å². The zero-order valence-corrected chi connectivity index (χ0v) is 18.5. The van der Waals surface area contributed by atoms with Crippen LogP contribution in [0.1, 0.15) is 44.2 Å². The van der Waals surface area contributed by atoms with Crippen molar-refractivity contribution >= 4 is 23.5 Å². The molecule has 1 aliphatic rings. The fourth-order valence-corrected chi connectivity index (χ4v) is 4.06. The number of para-hydroxylation sites is 1. The highest BCUT2D eigenvalue weighted by molar-refractivity contribution is 6.22. The van der Waals surface area contributed by atoms with Gasteiger partial charge in [-0.2, -0.15) is 0 Å². The Kier molecular flexibility index (Phi) is 7.88. The highest BCUT2D eigenvalue weighted by Crippen LogP contribution is 2.29. The predicted molar refractivity (Wildman–Crippen MR) is 122 cm³/mol. The fraction of sp³-hybridized carbons (Fsp3) is 0.385. The van der Waals surface area contributed by atoms with Crippen LogP contribution >= 0.6 is 0 Å². The van der Waals surface area contributed by atoms with E-state index in [9.17, 15) is 9.59 Å². The van der Waals surface area contributed by atoms with Gasteiger partial charge in [-0.25, -0.2) is 4.79 Å². The number of nitrogens with one attached hydrogen (secondary N) is 1. The summed E-state index contributed by atoms with van der Waals surface area (Å²) < 4.78 is 10.8. The molecule has 0 unspecified atom stereocenters. The normalized spacial score (nSPS) is 21.3. The average Bonchev–Trinajstić information content (AvgIpc) is 2.79. The second-order valence-electron chi connectivity index (χ2n) is 8.18. The molecule has 5 heteroatoms. The Hall–Kier alpha value is -3.08. The maximum absolute atomic E-state index is 12.9. The van der Waals surface area contributed by atoms with E-state index in [0.717, 1.165) is 18.4 Å². The minimum atomic E-state index is -0.544. The molecule has 3 atom stereocenters. The number of methoxy groups -OCH3 is 1. The first-order valence-electron chi connectivity index (χ1n) is 10.9. The second-order valence-corrected chi connectivity index (χ2v) is 8.18. The van der Waals surface area contributed by atoms with E-state index in [1.54, 1.807) is 13.2 Å². The number of esters is 1. The molecule has 0 bridgehead atoms. The number of hydrogen-bond donors (Lipinski definition) is 1. The lowest BCUT2D eigenvalue weighted by Gasteiger charge is -2.34. The Morgan fingerprint density at radius 3 is 2.48 bits per heavy atom. The summed E-state index contributed by atoms with van der Waals surface area (Å²) in [6, 6.07) is 16.9. The fourth-order valence-electron chi connectivity index (χ4n) is 4.06. The highest BCUT2D eigenvalue weighted by atomic mass is 16.5. The van der Waals surface area contributed by atoms with E-state index in [-0.39, 0.29) is 18.6 Å². The number of hydrogen-bond acceptors (Lipinski definition) is 4. The summed E-state index contributed by atoms with van der Waals surface area (Å²) >= 11 is 0. The minimum absolute atomic E-state index is 0.132. The number of ether oxygens (including phenoxy) is 2. The van der Waals surface area contributed by atoms with Crippen molar-refractivity contribution < 1.29 is 19.1 Å². The number of benzene rings is 2. The van der Waals surface area contributed by atoms with Crippen LogP contribution in [0.2, 0.25) is 0 Å². The van der Waals surface area contributed by atoms with Crippen LogP contribution in [0.3, 0.4) is 0 Å². The topological polar surface area (TPSA) is 64.6 Å². The van der Waals surface area contributed by atoms with E-state index in [0.29, 0.717) is 28.7 Å². The molecule has 3 rings (SSSR count). The number of rotatable bonds is 7. The monoisotopic (exact) mass is 421 g/mol. The maximum Gasteiger partial charge on any atom is 0.339 e. The molecule has 164 valence electrons. The third-order valence-electron chi connectivity index (χ3n) is 6.13. The largest absolute Gasteiger partial charge is 0.496 e. The summed E-state index contributed by atoms with van der Waals surface area (Å²) in [5.41, 5.74) is 1.85. The van der Waals surface area contributed by atoms with Gasteiger partial charge in [-0.3, -0.25) is 4.79 Å². The minimum Gasteiger partial charge on any atom is -0.496 e. The van der Waals surface area contributed by atoms with Crippen molar-refractivity contribution in [2.45, 2.75) is 39.2 Å². The van der Waals surface area contributed by atoms with Gasteiger partial charge in [0.2, 0.25) is 0 Å². The van der Waals surface area contributed by atoms with E-state index in [1.165, 1.54) is 6.42 Å². The smallest absolute Gasteiger partial charge is 0.339 e. The maximum atomic E-state index is 12.9. The lowest BCUT2D eigenvalue weighted by atomic mass is 9.78. The van der Waals surface area contributed by atoms with Gasteiger partial charge < -0.3 is 14.8 Å². The first-order valence-corrected chi connectivity index (χ1v) is 10.9. The van der Waals surface area contributed by atoms with Gasteiger partial charge in [0.25, 0.3) is 5.91 Å². The molecule has 0 aliphatic heterocycles. The molecule has 1 fully saturated rings. The Morgan fingerprint density at radius 2 is 1.74 bits per heavy atom. The Labute approximate surface area is 184 Å². The summed E-state index contributed by atoms with van der Waals surface area (Å²) in [5.74, 6) is 0.844. The van der Waals surface area contributed by atoms with Gasteiger partial charge in [0, 0.05) is 11.6 Å². The summed E-state index contributed by atoms with van der Waals surface area (Å²) in [6.07, 6.45) is 5.00. The molecular weight excluding hydrogens is 390 g/mol. The van der Waals surface area contributed by atoms with E-state index < -0.39 is 5.97 Å². The average molecular weight is 422 g/mol. The molecule has 0 radical (unpaired) electrons. The van der Waals surface area contributed by atoms with E-state index in [2.05, 4.69) is 19.2 Å². The lowest BCUT2D eigenvalue weighted by Crippen LogP contribution is -2.45. The van der Waals surface area contributed by atoms with Crippen molar-refractivity contribution in [1.29, 1.82) is 0 Å². The van der Waals surface area contributed by atoms with E-state index in [1.807, 2.05) is 54.6 Å².